The van der Waals surface area contributed by atoms with Gasteiger partial charge in [-0.25, -0.2) is 0 Å². The number of amides is 3. The quantitative estimate of drug-likeness (QED) is 0.430. The van der Waals surface area contributed by atoms with Gasteiger partial charge in [-0.15, -0.1) is 19.7 Å². The third-order valence-corrected chi connectivity index (χ3v) is 9.24. The van der Waals surface area contributed by atoms with E-state index < -0.39 is 0 Å². The van der Waals surface area contributed by atoms with E-state index in [4.69, 9.17) is 0 Å². The summed E-state index contributed by atoms with van der Waals surface area (Å²) in [6.45, 7) is 17.0. The van der Waals surface area contributed by atoms with E-state index in [0.29, 0.717) is 12.5 Å². The molecule has 5 nitrogen and oxygen atoms in total. The Morgan fingerprint density at radius 1 is 0.800 bits per heavy atom. The van der Waals surface area contributed by atoms with Crippen LogP contribution in [0.3, 0.4) is 0 Å². The van der Waals surface area contributed by atoms with Crippen molar-refractivity contribution >= 4 is 17.7 Å². The van der Waals surface area contributed by atoms with Crippen LogP contribution in [0.1, 0.15) is 37.8 Å². The minimum absolute atomic E-state index is 0.00884. The van der Waals surface area contributed by atoms with Gasteiger partial charge in [-0.1, -0.05) is 56.3 Å². The van der Waals surface area contributed by atoms with Gasteiger partial charge >= 0.3 is 0 Å². The van der Waals surface area contributed by atoms with Crippen LogP contribution in [0.5, 0.6) is 0 Å². The first kappa shape index (κ1) is 23.8. The highest BCUT2D eigenvalue weighted by atomic mass is 16.2. The summed E-state index contributed by atoms with van der Waals surface area (Å²) in [4.78, 5) is 43.2. The topological polar surface area (TPSA) is 57.7 Å². The predicted molar refractivity (Wildman–Crippen MR) is 135 cm³/mol. The number of benzene rings is 1. The molecule has 9 unspecified atom stereocenters. The van der Waals surface area contributed by atoms with Crippen LogP contribution in [0.4, 0.5) is 0 Å². The molecule has 1 aromatic rings. The molecular weight excluding hydrogens is 436 g/mol. The monoisotopic (exact) mass is 472 g/mol. The molecule has 2 heterocycles. The second kappa shape index (κ2) is 8.92. The second-order valence-corrected chi connectivity index (χ2v) is 11.2. The number of carbonyl (C=O) groups excluding carboxylic acids is 3. The summed E-state index contributed by atoms with van der Waals surface area (Å²) in [5, 5.41) is 0. The van der Waals surface area contributed by atoms with Crippen molar-refractivity contribution in [2.24, 2.45) is 47.3 Å². The van der Waals surface area contributed by atoms with Crippen LogP contribution >= 0.6 is 0 Å². The third kappa shape index (κ3) is 3.62. The molecule has 4 aliphatic rings. The molecule has 2 saturated heterocycles. The maximum Gasteiger partial charge on any atom is 0.234 e. The molecule has 0 spiro atoms. The molecule has 5 rings (SSSR count). The van der Waals surface area contributed by atoms with Crippen molar-refractivity contribution in [3.63, 3.8) is 0 Å². The molecule has 2 aliphatic heterocycles. The zero-order valence-corrected chi connectivity index (χ0v) is 20.8. The number of allylic oxidation sites excluding steroid dienone is 2. The van der Waals surface area contributed by atoms with E-state index in [2.05, 4.69) is 33.6 Å². The first-order valence-electron chi connectivity index (χ1n) is 12.9. The van der Waals surface area contributed by atoms with Crippen molar-refractivity contribution in [3.8, 4) is 0 Å². The molecule has 3 amide bonds. The molecule has 0 radical (unpaired) electrons. The standard InChI is InChI=1S/C30H36N2O3/c1-6-21-12-17(4)24-23(8-3)31(29(34)26(21)24)15-19-10-9-11-20(14-19)16-32-28(33)25-18(5)13-22(7-2)27(25)30(32)35/h6-11,14,17-18,21-27H,1-3,12-13,15-16H2,4-5H3. The molecule has 4 fully saturated rings. The molecule has 5 heteroatoms. The molecule has 0 N–H and O–H groups in total. The summed E-state index contributed by atoms with van der Waals surface area (Å²) in [5.74, 6) is 0.722. The van der Waals surface area contributed by atoms with Gasteiger partial charge in [-0.2, -0.15) is 0 Å². The molecule has 9 atom stereocenters. The van der Waals surface area contributed by atoms with Gasteiger partial charge < -0.3 is 4.90 Å². The van der Waals surface area contributed by atoms with E-state index in [-0.39, 0.29) is 71.7 Å². The van der Waals surface area contributed by atoms with E-state index in [1.807, 2.05) is 47.4 Å². The average molecular weight is 473 g/mol. The van der Waals surface area contributed by atoms with Crippen LogP contribution in [-0.4, -0.2) is 33.6 Å². The fourth-order valence-corrected chi connectivity index (χ4v) is 7.68. The van der Waals surface area contributed by atoms with E-state index in [9.17, 15) is 14.4 Å². The van der Waals surface area contributed by atoms with Crippen molar-refractivity contribution in [2.45, 2.75) is 45.8 Å². The Bertz CT molecular complexity index is 1090. The Morgan fingerprint density at radius 2 is 1.40 bits per heavy atom. The summed E-state index contributed by atoms with van der Waals surface area (Å²) in [6.07, 6.45) is 7.56. The highest BCUT2D eigenvalue weighted by Crippen LogP contribution is 2.51. The SMILES string of the molecule is C=CC1CC(C)C2C(=O)N(Cc3cccc(CN4C(=O)C5C(C=C)CC(C)C5C4C=C)c3)C(=O)C12. The molecule has 2 aliphatic carbocycles. The van der Waals surface area contributed by atoms with Gasteiger partial charge in [0.2, 0.25) is 17.7 Å². The number of nitrogens with zero attached hydrogens (tertiary/aromatic N) is 2. The molecule has 2 saturated carbocycles. The lowest BCUT2D eigenvalue weighted by Gasteiger charge is -2.28. The van der Waals surface area contributed by atoms with Crippen molar-refractivity contribution in [3.05, 3.63) is 73.4 Å². The molecule has 0 aromatic heterocycles. The molecule has 0 bridgehead atoms. The van der Waals surface area contributed by atoms with E-state index in [1.165, 1.54) is 4.90 Å². The van der Waals surface area contributed by atoms with Gasteiger partial charge in [0.1, 0.15) is 0 Å². The van der Waals surface area contributed by atoms with Crippen molar-refractivity contribution in [2.75, 3.05) is 0 Å². The summed E-state index contributed by atoms with van der Waals surface area (Å²) in [5.41, 5.74) is 1.91. The Morgan fingerprint density at radius 3 is 2.06 bits per heavy atom. The summed E-state index contributed by atoms with van der Waals surface area (Å²) >= 11 is 0. The average Bonchev–Trinajstić information content (AvgIpc) is 3.52. The Balaban J connectivity index is 1.34. The van der Waals surface area contributed by atoms with E-state index >= 15 is 0 Å². The van der Waals surface area contributed by atoms with Crippen molar-refractivity contribution < 1.29 is 14.4 Å². The number of rotatable bonds is 7. The molecular formula is C30H36N2O3. The van der Waals surface area contributed by atoms with Crippen LogP contribution in [0.2, 0.25) is 0 Å². The minimum atomic E-state index is -0.270. The largest absolute Gasteiger partial charge is 0.331 e. The number of hydrogen-bond donors (Lipinski definition) is 0. The van der Waals surface area contributed by atoms with Crippen LogP contribution in [0.15, 0.2) is 62.2 Å². The molecule has 35 heavy (non-hydrogen) atoms. The van der Waals surface area contributed by atoms with Gasteiger partial charge in [0.15, 0.2) is 0 Å². The number of imide groups is 1. The lowest BCUT2D eigenvalue weighted by molar-refractivity contribution is -0.141. The Labute approximate surface area is 208 Å². The lowest BCUT2D eigenvalue weighted by atomic mass is 9.86. The van der Waals surface area contributed by atoms with Gasteiger partial charge in [-0.05, 0) is 53.6 Å². The fourth-order valence-electron chi connectivity index (χ4n) is 7.68. The highest BCUT2D eigenvalue weighted by molar-refractivity contribution is 6.05. The number of hydrogen-bond acceptors (Lipinski definition) is 3. The fraction of sp³-hybridized carbons (Fsp3) is 0.500. The molecule has 1 aromatic carbocycles. The van der Waals surface area contributed by atoms with Gasteiger partial charge in [-0.3, -0.25) is 19.3 Å². The zero-order valence-electron chi connectivity index (χ0n) is 20.8. The second-order valence-electron chi connectivity index (χ2n) is 11.2. The summed E-state index contributed by atoms with van der Waals surface area (Å²) in [6, 6.07) is 7.95. The lowest BCUT2D eigenvalue weighted by Crippen LogP contribution is -2.35. The smallest absolute Gasteiger partial charge is 0.234 e. The van der Waals surface area contributed by atoms with E-state index in [0.717, 1.165) is 24.0 Å². The zero-order chi connectivity index (χ0) is 25.0. The number of carbonyl (C=O) groups is 3. The minimum Gasteiger partial charge on any atom is -0.331 e. The van der Waals surface area contributed by atoms with Crippen LogP contribution in [-0.2, 0) is 27.5 Å². The maximum absolute atomic E-state index is 13.5. The van der Waals surface area contributed by atoms with Crippen LogP contribution in [0.25, 0.3) is 0 Å². The molecule has 184 valence electrons. The Hall–Kier alpha value is -2.95. The summed E-state index contributed by atoms with van der Waals surface area (Å²) < 4.78 is 0. The predicted octanol–water partition coefficient (Wildman–Crippen LogP) is 4.60. The Kier molecular flexibility index (Phi) is 6.06. The number of fused-ring (bicyclic) bond motifs is 2. The normalized spacial score (nSPS) is 38.1. The van der Waals surface area contributed by atoms with Crippen LogP contribution in [0, 0.1) is 47.3 Å². The van der Waals surface area contributed by atoms with Gasteiger partial charge in [0, 0.05) is 12.5 Å². The first-order valence-corrected chi connectivity index (χ1v) is 12.9. The van der Waals surface area contributed by atoms with Crippen molar-refractivity contribution in [1.82, 2.24) is 9.80 Å². The van der Waals surface area contributed by atoms with Crippen LogP contribution < -0.4 is 0 Å². The van der Waals surface area contributed by atoms with Gasteiger partial charge in [0.25, 0.3) is 0 Å². The number of likely N-dealkylation sites (tertiary alicyclic amines) is 2. The first-order chi connectivity index (χ1) is 16.8. The summed E-state index contributed by atoms with van der Waals surface area (Å²) in [7, 11) is 0. The van der Waals surface area contributed by atoms with Crippen molar-refractivity contribution in [1.29, 1.82) is 0 Å². The van der Waals surface area contributed by atoms with Gasteiger partial charge in [0.05, 0.1) is 24.4 Å². The third-order valence-electron chi connectivity index (χ3n) is 9.24. The van der Waals surface area contributed by atoms with E-state index in [1.54, 1.807) is 0 Å². The maximum atomic E-state index is 13.5. The highest BCUT2D eigenvalue weighted by Gasteiger charge is 2.57.